The Balaban J connectivity index is 1.88. The van der Waals surface area contributed by atoms with Crippen LogP contribution in [0.1, 0.15) is 25.5 Å². The standard InChI is InChI=1S/C18H22N2O2/c1-3-22-17-12-8-7-11-16(17)20-18(21)13-19-14(2)15-9-5-4-6-10-15/h4-12,14,19H,3,13H2,1-2H3,(H,20,21)/p+1/t14-/m0/s1. The molecule has 0 aliphatic heterocycles. The van der Waals surface area contributed by atoms with E-state index in [1.165, 1.54) is 5.56 Å². The smallest absolute Gasteiger partial charge is 0.279 e. The van der Waals surface area contributed by atoms with Crippen LogP contribution in [0.4, 0.5) is 5.69 Å². The number of rotatable bonds is 7. The van der Waals surface area contributed by atoms with Crippen LogP contribution in [0.5, 0.6) is 5.75 Å². The van der Waals surface area contributed by atoms with Crippen LogP contribution in [-0.4, -0.2) is 19.1 Å². The average molecular weight is 299 g/mol. The maximum Gasteiger partial charge on any atom is 0.279 e. The molecule has 0 unspecified atom stereocenters. The molecule has 1 amide bonds. The number of hydrogen-bond donors (Lipinski definition) is 2. The Morgan fingerprint density at radius 3 is 2.55 bits per heavy atom. The van der Waals surface area contributed by atoms with E-state index >= 15 is 0 Å². The Morgan fingerprint density at radius 2 is 1.82 bits per heavy atom. The maximum atomic E-state index is 12.1. The molecule has 1 atom stereocenters. The average Bonchev–Trinajstić information content (AvgIpc) is 2.55. The molecule has 116 valence electrons. The van der Waals surface area contributed by atoms with Crippen LogP contribution < -0.4 is 15.4 Å². The molecule has 0 aromatic heterocycles. The molecule has 0 bridgehead atoms. The summed E-state index contributed by atoms with van der Waals surface area (Å²) in [5.41, 5.74) is 1.93. The minimum absolute atomic E-state index is 0.0325. The number of amides is 1. The second-order valence-electron chi connectivity index (χ2n) is 5.12. The summed E-state index contributed by atoms with van der Waals surface area (Å²) in [6.45, 7) is 4.96. The van der Waals surface area contributed by atoms with Gasteiger partial charge < -0.3 is 15.4 Å². The molecule has 0 spiro atoms. The van der Waals surface area contributed by atoms with Crippen molar-refractivity contribution in [1.82, 2.24) is 0 Å². The quantitative estimate of drug-likeness (QED) is 0.824. The highest BCUT2D eigenvalue weighted by Gasteiger charge is 2.12. The van der Waals surface area contributed by atoms with E-state index in [4.69, 9.17) is 4.74 Å². The highest BCUT2D eigenvalue weighted by atomic mass is 16.5. The van der Waals surface area contributed by atoms with Gasteiger partial charge >= 0.3 is 0 Å². The number of nitrogens with one attached hydrogen (secondary N) is 1. The number of nitrogens with two attached hydrogens (primary N) is 1. The van der Waals surface area contributed by atoms with Crippen LogP contribution in [0.15, 0.2) is 54.6 Å². The molecule has 0 aliphatic rings. The summed E-state index contributed by atoms with van der Waals surface area (Å²) in [5.74, 6) is 0.671. The van der Waals surface area contributed by atoms with E-state index in [1.54, 1.807) is 0 Å². The first-order chi connectivity index (χ1) is 10.7. The molecule has 2 aromatic carbocycles. The SMILES string of the molecule is CCOc1ccccc1NC(=O)C[NH2+][C@@H](C)c1ccccc1. The van der Waals surface area contributed by atoms with Crippen LogP contribution in [0.3, 0.4) is 0 Å². The third-order valence-electron chi connectivity index (χ3n) is 3.44. The Hall–Kier alpha value is -2.33. The number of benzene rings is 2. The van der Waals surface area contributed by atoms with Crippen molar-refractivity contribution in [2.45, 2.75) is 19.9 Å². The van der Waals surface area contributed by atoms with Gasteiger partial charge in [-0.2, -0.15) is 0 Å². The number of para-hydroxylation sites is 2. The summed E-state index contributed by atoms with van der Waals surface area (Å²) in [6, 6.07) is 17.9. The van der Waals surface area contributed by atoms with Crippen molar-refractivity contribution in [2.24, 2.45) is 0 Å². The van der Waals surface area contributed by atoms with Gasteiger partial charge in [0.1, 0.15) is 11.8 Å². The predicted octanol–water partition coefficient (Wildman–Crippen LogP) is 2.35. The number of anilines is 1. The Bertz CT molecular complexity index is 599. The minimum atomic E-state index is -0.0325. The van der Waals surface area contributed by atoms with E-state index in [0.29, 0.717) is 18.9 Å². The molecule has 22 heavy (non-hydrogen) atoms. The number of hydrogen-bond acceptors (Lipinski definition) is 2. The van der Waals surface area contributed by atoms with Crippen LogP contribution in [0.2, 0.25) is 0 Å². The second kappa shape index (κ2) is 8.20. The molecule has 2 rings (SSSR count). The fourth-order valence-electron chi connectivity index (χ4n) is 2.23. The zero-order valence-electron chi connectivity index (χ0n) is 13.1. The first-order valence-electron chi connectivity index (χ1n) is 7.60. The van der Waals surface area contributed by atoms with Gasteiger partial charge in [0, 0.05) is 5.56 Å². The number of carbonyl (C=O) groups is 1. The van der Waals surface area contributed by atoms with Gasteiger partial charge in [-0.1, -0.05) is 42.5 Å². The summed E-state index contributed by atoms with van der Waals surface area (Å²) in [7, 11) is 0. The molecular weight excluding hydrogens is 276 g/mol. The van der Waals surface area contributed by atoms with Gasteiger partial charge in [0.25, 0.3) is 5.91 Å². The van der Waals surface area contributed by atoms with Crippen molar-refractivity contribution in [3.63, 3.8) is 0 Å². The van der Waals surface area contributed by atoms with E-state index in [2.05, 4.69) is 24.4 Å². The summed E-state index contributed by atoms with van der Waals surface area (Å²) in [6.07, 6.45) is 0. The van der Waals surface area contributed by atoms with Gasteiger partial charge in [0.2, 0.25) is 0 Å². The van der Waals surface area contributed by atoms with E-state index in [-0.39, 0.29) is 11.9 Å². The van der Waals surface area contributed by atoms with Crippen LogP contribution in [-0.2, 0) is 4.79 Å². The molecule has 4 heteroatoms. The van der Waals surface area contributed by atoms with Crippen molar-refractivity contribution in [1.29, 1.82) is 0 Å². The molecule has 0 radical (unpaired) electrons. The Labute approximate surface area is 131 Å². The number of quaternary nitrogens is 1. The third kappa shape index (κ3) is 4.60. The van der Waals surface area contributed by atoms with Gasteiger partial charge in [-0.05, 0) is 26.0 Å². The lowest BCUT2D eigenvalue weighted by Gasteiger charge is -2.13. The van der Waals surface area contributed by atoms with Gasteiger partial charge in [0.05, 0.1) is 12.3 Å². The molecule has 0 aliphatic carbocycles. The molecular formula is C18H23N2O2+. The fourth-order valence-corrected chi connectivity index (χ4v) is 2.23. The third-order valence-corrected chi connectivity index (χ3v) is 3.44. The first-order valence-corrected chi connectivity index (χ1v) is 7.60. The van der Waals surface area contributed by atoms with Crippen molar-refractivity contribution in [3.8, 4) is 5.75 Å². The summed E-state index contributed by atoms with van der Waals surface area (Å²) >= 11 is 0. The predicted molar refractivity (Wildman–Crippen MR) is 87.9 cm³/mol. The molecule has 0 heterocycles. The summed E-state index contributed by atoms with van der Waals surface area (Å²) in [5, 5.41) is 4.93. The number of ether oxygens (including phenoxy) is 1. The van der Waals surface area contributed by atoms with E-state index < -0.39 is 0 Å². The van der Waals surface area contributed by atoms with Gasteiger partial charge in [0.15, 0.2) is 6.54 Å². The van der Waals surface area contributed by atoms with Crippen LogP contribution in [0.25, 0.3) is 0 Å². The second-order valence-corrected chi connectivity index (χ2v) is 5.12. The molecule has 2 aromatic rings. The maximum absolute atomic E-state index is 12.1. The van der Waals surface area contributed by atoms with Crippen molar-refractivity contribution >= 4 is 11.6 Å². The number of carbonyl (C=O) groups excluding carboxylic acids is 1. The van der Waals surface area contributed by atoms with E-state index in [1.807, 2.05) is 54.7 Å². The topological polar surface area (TPSA) is 54.9 Å². The van der Waals surface area contributed by atoms with Gasteiger partial charge in [-0.15, -0.1) is 0 Å². The fraction of sp³-hybridized carbons (Fsp3) is 0.278. The molecule has 3 N–H and O–H groups in total. The summed E-state index contributed by atoms with van der Waals surface area (Å²) < 4.78 is 5.51. The highest BCUT2D eigenvalue weighted by Crippen LogP contribution is 2.23. The van der Waals surface area contributed by atoms with Crippen LogP contribution in [0, 0.1) is 0 Å². The summed E-state index contributed by atoms with van der Waals surface area (Å²) in [4.78, 5) is 12.1. The van der Waals surface area contributed by atoms with E-state index in [9.17, 15) is 4.79 Å². The Kier molecular flexibility index (Phi) is 5.98. The van der Waals surface area contributed by atoms with E-state index in [0.717, 1.165) is 5.69 Å². The highest BCUT2D eigenvalue weighted by molar-refractivity contribution is 5.92. The lowest BCUT2D eigenvalue weighted by atomic mass is 10.1. The zero-order chi connectivity index (χ0) is 15.8. The van der Waals surface area contributed by atoms with Crippen molar-refractivity contribution in [2.75, 3.05) is 18.5 Å². The van der Waals surface area contributed by atoms with Crippen LogP contribution >= 0.6 is 0 Å². The zero-order valence-corrected chi connectivity index (χ0v) is 13.1. The minimum Gasteiger partial charge on any atom is -0.492 e. The lowest BCUT2D eigenvalue weighted by molar-refractivity contribution is -0.682. The Morgan fingerprint density at radius 1 is 1.14 bits per heavy atom. The first kappa shape index (κ1) is 16.0. The molecule has 0 saturated carbocycles. The molecule has 0 fully saturated rings. The van der Waals surface area contributed by atoms with Crippen molar-refractivity contribution < 1.29 is 14.8 Å². The lowest BCUT2D eigenvalue weighted by Crippen LogP contribution is -2.86. The van der Waals surface area contributed by atoms with Gasteiger partial charge in [-0.3, -0.25) is 4.79 Å². The van der Waals surface area contributed by atoms with Gasteiger partial charge in [-0.25, -0.2) is 0 Å². The molecule has 4 nitrogen and oxygen atoms in total. The van der Waals surface area contributed by atoms with Crippen molar-refractivity contribution in [3.05, 3.63) is 60.2 Å². The largest absolute Gasteiger partial charge is 0.492 e. The normalized spacial score (nSPS) is 11.7. The molecule has 0 saturated heterocycles. The monoisotopic (exact) mass is 299 g/mol.